The van der Waals surface area contributed by atoms with Crippen molar-refractivity contribution in [1.82, 2.24) is 9.78 Å². The molecule has 0 aromatic carbocycles. The zero-order valence-electron chi connectivity index (χ0n) is 11.9. The Bertz CT molecular complexity index is 465. The predicted molar refractivity (Wildman–Crippen MR) is 80.5 cm³/mol. The fourth-order valence-electron chi connectivity index (χ4n) is 3.37. The van der Waals surface area contributed by atoms with Crippen LogP contribution in [-0.4, -0.2) is 38.6 Å². The fraction of sp³-hybridized carbons (Fsp3) is 0.786. The SMILES string of the molecule is Cn1ncc(C(O)C2CCOC3(CCSCC3)C2)c1N. The Morgan fingerprint density at radius 2 is 2.30 bits per heavy atom. The van der Waals surface area contributed by atoms with Gasteiger partial charge in [0.05, 0.1) is 17.9 Å². The first-order chi connectivity index (χ1) is 9.61. The second-order valence-electron chi connectivity index (χ2n) is 5.95. The van der Waals surface area contributed by atoms with Crippen LogP contribution in [0.15, 0.2) is 6.20 Å². The predicted octanol–water partition coefficient (Wildman–Crippen LogP) is 1.73. The highest BCUT2D eigenvalue weighted by Crippen LogP contribution is 2.44. The topological polar surface area (TPSA) is 73.3 Å². The summed E-state index contributed by atoms with van der Waals surface area (Å²) in [5, 5.41) is 14.8. The minimum atomic E-state index is -0.529. The first-order valence-electron chi connectivity index (χ1n) is 7.28. The summed E-state index contributed by atoms with van der Waals surface area (Å²) in [5.74, 6) is 3.12. The van der Waals surface area contributed by atoms with Crippen molar-refractivity contribution in [2.24, 2.45) is 13.0 Å². The number of aryl methyl sites for hydroxylation is 1. The van der Waals surface area contributed by atoms with Gasteiger partial charge in [0, 0.05) is 19.2 Å². The Balaban J connectivity index is 1.74. The molecule has 20 heavy (non-hydrogen) atoms. The van der Waals surface area contributed by atoms with Crippen LogP contribution in [0.3, 0.4) is 0 Å². The monoisotopic (exact) mass is 297 g/mol. The second-order valence-corrected chi connectivity index (χ2v) is 7.18. The minimum absolute atomic E-state index is 0.00782. The van der Waals surface area contributed by atoms with Crippen LogP contribution in [0.25, 0.3) is 0 Å². The maximum absolute atomic E-state index is 10.7. The molecule has 2 aliphatic heterocycles. The largest absolute Gasteiger partial charge is 0.388 e. The van der Waals surface area contributed by atoms with Gasteiger partial charge in [0.2, 0.25) is 0 Å². The molecule has 2 saturated heterocycles. The van der Waals surface area contributed by atoms with E-state index in [0.717, 1.165) is 49.4 Å². The van der Waals surface area contributed by atoms with Crippen molar-refractivity contribution in [2.75, 3.05) is 23.8 Å². The van der Waals surface area contributed by atoms with Gasteiger partial charge in [-0.3, -0.25) is 4.68 Å². The molecule has 5 nitrogen and oxygen atoms in total. The van der Waals surface area contributed by atoms with E-state index in [1.807, 2.05) is 11.8 Å². The zero-order valence-corrected chi connectivity index (χ0v) is 12.7. The molecule has 112 valence electrons. The maximum atomic E-state index is 10.7. The molecule has 2 unspecified atom stereocenters. The number of anilines is 1. The zero-order chi connectivity index (χ0) is 14.2. The Morgan fingerprint density at radius 1 is 1.55 bits per heavy atom. The van der Waals surface area contributed by atoms with Gasteiger partial charge in [-0.25, -0.2) is 0 Å². The Hall–Kier alpha value is -0.720. The van der Waals surface area contributed by atoms with E-state index in [4.69, 9.17) is 10.5 Å². The van der Waals surface area contributed by atoms with Crippen molar-refractivity contribution in [3.05, 3.63) is 11.8 Å². The van der Waals surface area contributed by atoms with Crippen LogP contribution in [0, 0.1) is 5.92 Å². The van der Waals surface area contributed by atoms with Crippen molar-refractivity contribution in [3.63, 3.8) is 0 Å². The Kier molecular flexibility index (Phi) is 3.97. The van der Waals surface area contributed by atoms with Gasteiger partial charge in [-0.1, -0.05) is 0 Å². The average molecular weight is 297 g/mol. The van der Waals surface area contributed by atoms with E-state index in [1.165, 1.54) is 0 Å². The summed E-state index contributed by atoms with van der Waals surface area (Å²) < 4.78 is 7.70. The molecule has 0 bridgehead atoms. The van der Waals surface area contributed by atoms with Crippen molar-refractivity contribution in [2.45, 2.75) is 37.4 Å². The molecule has 0 aliphatic carbocycles. The lowest BCUT2D eigenvalue weighted by molar-refractivity contribution is -0.121. The third-order valence-corrected chi connectivity index (χ3v) is 5.70. The number of aliphatic hydroxyl groups is 1. The molecule has 1 spiro atoms. The molecule has 3 heterocycles. The van der Waals surface area contributed by atoms with E-state index in [9.17, 15) is 5.11 Å². The highest BCUT2D eigenvalue weighted by Gasteiger charge is 2.41. The van der Waals surface area contributed by atoms with Crippen LogP contribution in [0.4, 0.5) is 5.82 Å². The van der Waals surface area contributed by atoms with Gasteiger partial charge in [-0.2, -0.15) is 16.9 Å². The van der Waals surface area contributed by atoms with Gasteiger partial charge in [-0.15, -0.1) is 0 Å². The van der Waals surface area contributed by atoms with Crippen molar-refractivity contribution >= 4 is 17.6 Å². The number of nitrogens with two attached hydrogens (primary N) is 1. The van der Waals surface area contributed by atoms with E-state index < -0.39 is 6.10 Å². The molecule has 6 heteroatoms. The smallest absolute Gasteiger partial charge is 0.127 e. The van der Waals surface area contributed by atoms with Gasteiger partial charge in [0.15, 0.2) is 0 Å². The molecule has 2 aliphatic rings. The van der Waals surface area contributed by atoms with Crippen LogP contribution in [0.5, 0.6) is 0 Å². The molecule has 2 atom stereocenters. The lowest BCUT2D eigenvalue weighted by atomic mass is 9.78. The molecule has 0 amide bonds. The highest BCUT2D eigenvalue weighted by atomic mass is 32.2. The summed E-state index contributed by atoms with van der Waals surface area (Å²) in [6.45, 7) is 0.743. The first-order valence-corrected chi connectivity index (χ1v) is 8.44. The summed E-state index contributed by atoms with van der Waals surface area (Å²) in [7, 11) is 1.80. The molecule has 2 fully saturated rings. The number of ether oxygens (including phenoxy) is 1. The number of aromatic nitrogens is 2. The normalized spacial score (nSPS) is 27.6. The van der Waals surface area contributed by atoms with E-state index in [-0.39, 0.29) is 11.5 Å². The summed E-state index contributed by atoms with van der Waals surface area (Å²) in [4.78, 5) is 0. The fourth-order valence-corrected chi connectivity index (χ4v) is 4.61. The molecule has 0 saturated carbocycles. The third-order valence-electron chi connectivity index (χ3n) is 4.71. The molecular weight excluding hydrogens is 274 g/mol. The number of hydrogen-bond donors (Lipinski definition) is 2. The molecule has 1 aromatic rings. The summed E-state index contributed by atoms with van der Waals surface area (Å²) in [6.07, 6.45) is 5.19. The molecule has 3 N–H and O–H groups in total. The third kappa shape index (κ3) is 2.56. The molecule has 0 radical (unpaired) electrons. The van der Waals surface area contributed by atoms with Crippen molar-refractivity contribution in [3.8, 4) is 0 Å². The van der Waals surface area contributed by atoms with Gasteiger partial charge in [0.25, 0.3) is 0 Å². The Morgan fingerprint density at radius 3 is 2.95 bits per heavy atom. The van der Waals surface area contributed by atoms with Crippen molar-refractivity contribution in [1.29, 1.82) is 0 Å². The van der Waals surface area contributed by atoms with E-state index in [1.54, 1.807) is 17.9 Å². The van der Waals surface area contributed by atoms with Crippen LogP contribution < -0.4 is 5.73 Å². The Labute approximate surface area is 123 Å². The first kappa shape index (κ1) is 14.2. The quantitative estimate of drug-likeness (QED) is 0.869. The van der Waals surface area contributed by atoms with E-state index in [0.29, 0.717) is 5.82 Å². The van der Waals surface area contributed by atoms with Gasteiger partial charge in [-0.05, 0) is 43.1 Å². The highest BCUT2D eigenvalue weighted by molar-refractivity contribution is 7.99. The summed E-state index contributed by atoms with van der Waals surface area (Å²) >= 11 is 2.00. The summed E-state index contributed by atoms with van der Waals surface area (Å²) in [6, 6.07) is 0. The second kappa shape index (κ2) is 5.58. The number of rotatable bonds is 2. The van der Waals surface area contributed by atoms with E-state index in [2.05, 4.69) is 5.10 Å². The molecule has 1 aromatic heterocycles. The average Bonchev–Trinajstić information content (AvgIpc) is 2.79. The number of nitrogen functional groups attached to an aromatic ring is 1. The molecular formula is C14H23N3O2S. The molecule has 3 rings (SSSR count). The van der Waals surface area contributed by atoms with Crippen LogP contribution >= 0.6 is 11.8 Å². The van der Waals surface area contributed by atoms with Crippen LogP contribution in [0.2, 0.25) is 0 Å². The number of nitrogens with zero attached hydrogens (tertiary/aromatic N) is 2. The van der Waals surface area contributed by atoms with E-state index >= 15 is 0 Å². The van der Waals surface area contributed by atoms with Crippen molar-refractivity contribution < 1.29 is 9.84 Å². The lowest BCUT2D eigenvalue weighted by Gasteiger charge is -2.44. The van der Waals surface area contributed by atoms with Gasteiger partial charge < -0.3 is 15.6 Å². The van der Waals surface area contributed by atoms with Crippen LogP contribution in [0.1, 0.15) is 37.4 Å². The standard InChI is InChI=1S/C14H23N3O2S/c1-17-13(15)11(9-16-17)12(18)10-2-5-19-14(8-10)3-6-20-7-4-14/h9-10,12,18H,2-8,15H2,1H3. The van der Waals surface area contributed by atoms with Crippen LogP contribution in [-0.2, 0) is 11.8 Å². The number of thioether (sulfide) groups is 1. The number of aliphatic hydroxyl groups excluding tert-OH is 1. The maximum Gasteiger partial charge on any atom is 0.127 e. The number of hydrogen-bond acceptors (Lipinski definition) is 5. The lowest BCUT2D eigenvalue weighted by Crippen LogP contribution is -2.44. The minimum Gasteiger partial charge on any atom is -0.388 e. The summed E-state index contributed by atoms with van der Waals surface area (Å²) in [5.41, 5.74) is 6.74. The van der Waals surface area contributed by atoms with Gasteiger partial charge >= 0.3 is 0 Å². The van der Waals surface area contributed by atoms with Gasteiger partial charge in [0.1, 0.15) is 5.82 Å².